The molecule has 9 heteroatoms. The van der Waals surface area contributed by atoms with Crippen LogP contribution < -0.4 is 10.5 Å². The van der Waals surface area contributed by atoms with Crippen LogP contribution in [0.4, 0.5) is 5.69 Å². The number of hydrogen-bond acceptors (Lipinski definition) is 6. The summed E-state index contributed by atoms with van der Waals surface area (Å²) in [6.45, 7) is 1.36. The highest BCUT2D eigenvalue weighted by Gasteiger charge is 2.11. The quantitative estimate of drug-likeness (QED) is 0.674. The highest BCUT2D eigenvalue weighted by Crippen LogP contribution is 2.13. The number of anilines is 1. The minimum atomic E-state index is -3.85. The zero-order valence-corrected chi connectivity index (χ0v) is 12.2. The molecular weight excluding hydrogens is 300 g/mol. The van der Waals surface area contributed by atoms with Gasteiger partial charge >= 0.3 is 5.97 Å². The molecule has 21 heavy (non-hydrogen) atoms. The van der Waals surface area contributed by atoms with Gasteiger partial charge in [0.1, 0.15) is 6.61 Å². The molecule has 0 aliphatic heterocycles. The predicted octanol–water partition coefficient (Wildman–Crippen LogP) is -0.148. The molecule has 0 spiro atoms. The molecule has 8 nitrogen and oxygen atoms in total. The van der Waals surface area contributed by atoms with Crippen molar-refractivity contribution in [1.82, 2.24) is 0 Å². The number of ether oxygens (including phenoxy) is 2. The molecule has 0 heterocycles. The van der Waals surface area contributed by atoms with Crippen LogP contribution in [0.3, 0.4) is 0 Å². The number of rotatable bonds is 7. The molecule has 1 aromatic carbocycles. The Bertz CT molecular complexity index is 614. The first kappa shape index (κ1) is 17.1. The van der Waals surface area contributed by atoms with E-state index in [0.717, 1.165) is 0 Å². The highest BCUT2D eigenvalue weighted by molar-refractivity contribution is 7.89. The van der Waals surface area contributed by atoms with Crippen LogP contribution in [0.2, 0.25) is 0 Å². The molecule has 0 aromatic heterocycles. The Morgan fingerprint density at radius 2 is 2.00 bits per heavy atom. The van der Waals surface area contributed by atoms with E-state index in [1.807, 2.05) is 0 Å². The number of nitrogens with one attached hydrogen (secondary N) is 1. The zero-order chi connectivity index (χ0) is 15.9. The van der Waals surface area contributed by atoms with E-state index in [1.54, 1.807) is 6.92 Å². The molecule has 0 unspecified atom stereocenters. The molecule has 1 rings (SSSR count). The van der Waals surface area contributed by atoms with Crippen molar-refractivity contribution in [3.8, 4) is 0 Å². The van der Waals surface area contributed by atoms with Gasteiger partial charge in [0.05, 0.1) is 4.90 Å². The summed E-state index contributed by atoms with van der Waals surface area (Å²) in [6.07, 6.45) is 0. The van der Waals surface area contributed by atoms with Crippen molar-refractivity contribution < 1.29 is 27.5 Å². The second-order valence-electron chi connectivity index (χ2n) is 3.92. The molecule has 116 valence electrons. The molecule has 0 bridgehead atoms. The largest absolute Gasteiger partial charge is 0.454 e. The number of hydrogen-bond donors (Lipinski definition) is 2. The van der Waals surface area contributed by atoms with Crippen molar-refractivity contribution in [1.29, 1.82) is 0 Å². The lowest BCUT2D eigenvalue weighted by Crippen LogP contribution is -2.23. The molecule has 1 aromatic rings. The van der Waals surface area contributed by atoms with Crippen LogP contribution in [0, 0.1) is 0 Å². The van der Waals surface area contributed by atoms with Crippen molar-refractivity contribution in [2.24, 2.45) is 5.14 Å². The smallest absolute Gasteiger partial charge is 0.332 e. The number of esters is 1. The number of nitrogens with two attached hydrogens (primary N) is 1. The number of benzene rings is 1. The maximum absolute atomic E-state index is 11.5. The topological polar surface area (TPSA) is 125 Å². The highest BCUT2D eigenvalue weighted by atomic mass is 32.2. The summed E-state index contributed by atoms with van der Waals surface area (Å²) in [5, 5.41) is 7.37. The van der Waals surface area contributed by atoms with Gasteiger partial charge in [-0.3, -0.25) is 4.79 Å². The van der Waals surface area contributed by atoms with Gasteiger partial charge in [-0.1, -0.05) is 6.07 Å². The Balaban J connectivity index is 2.54. The summed E-state index contributed by atoms with van der Waals surface area (Å²) in [5.74, 6) is -1.27. The lowest BCUT2D eigenvalue weighted by atomic mass is 10.3. The minimum absolute atomic E-state index is 0.131. The summed E-state index contributed by atoms with van der Waals surface area (Å²) < 4.78 is 31.8. The van der Waals surface area contributed by atoms with Crippen molar-refractivity contribution in [2.75, 3.05) is 25.1 Å². The molecule has 0 radical (unpaired) electrons. The number of sulfonamides is 1. The third kappa shape index (κ3) is 6.34. The summed E-state index contributed by atoms with van der Waals surface area (Å²) >= 11 is 0. The lowest BCUT2D eigenvalue weighted by Gasteiger charge is -2.07. The molecule has 0 fully saturated rings. The Labute approximate surface area is 122 Å². The van der Waals surface area contributed by atoms with Crippen molar-refractivity contribution in [2.45, 2.75) is 11.8 Å². The van der Waals surface area contributed by atoms with Gasteiger partial charge in [-0.2, -0.15) is 0 Å². The molecule has 0 atom stereocenters. The third-order valence-electron chi connectivity index (χ3n) is 2.23. The van der Waals surface area contributed by atoms with Crippen LogP contribution in [-0.4, -0.2) is 40.1 Å². The van der Waals surface area contributed by atoms with Gasteiger partial charge in [-0.15, -0.1) is 0 Å². The van der Waals surface area contributed by atoms with Crippen molar-refractivity contribution in [3.63, 3.8) is 0 Å². The Hall–Kier alpha value is -1.97. The van der Waals surface area contributed by atoms with Crippen LogP contribution in [0.5, 0.6) is 0 Å². The molecule has 3 N–H and O–H groups in total. The molecule has 0 saturated carbocycles. The van der Waals surface area contributed by atoms with Gasteiger partial charge in [0.15, 0.2) is 6.61 Å². The van der Waals surface area contributed by atoms with Crippen LogP contribution in [0.1, 0.15) is 6.92 Å². The maximum atomic E-state index is 11.5. The van der Waals surface area contributed by atoms with Crippen molar-refractivity contribution in [3.05, 3.63) is 24.3 Å². The predicted molar refractivity (Wildman–Crippen MR) is 73.9 cm³/mol. The van der Waals surface area contributed by atoms with Gasteiger partial charge in [-0.25, -0.2) is 18.4 Å². The Kier molecular flexibility index (Phi) is 6.28. The molecule has 0 aliphatic carbocycles. The van der Waals surface area contributed by atoms with Crippen LogP contribution >= 0.6 is 0 Å². The normalized spacial score (nSPS) is 11.0. The van der Waals surface area contributed by atoms with E-state index in [-0.39, 0.29) is 17.2 Å². The number of amides is 1. The van der Waals surface area contributed by atoms with Crippen LogP contribution in [0.15, 0.2) is 29.2 Å². The van der Waals surface area contributed by atoms with Gasteiger partial charge < -0.3 is 14.8 Å². The van der Waals surface area contributed by atoms with Gasteiger partial charge in [0.25, 0.3) is 5.91 Å². The van der Waals surface area contributed by atoms with E-state index in [9.17, 15) is 18.0 Å². The van der Waals surface area contributed by atoms with E-state index < -0.39 is 28.5 Å². The number of carbonyl (C=O) groups is 2. The van der Waals surface area contributed by atoms with Gasteiger partial charge in [-0.05, 0) is 25.1 Å². The second-order valence-corrected chi connectivity index (χ2v) is 5.48. The molecular formula is C12H16N2O6S. The zero-order valence-electron chi connectivity index (χ0n) is 11.4. The summed E-state index contributed by atoms with van der Waals surface area (Å²) in [7, 11) is -3.85. The van der Waals surface area contributed by atoms with E-state index in [2.05, 4.69) is 10.1 Å². The molecule has 0 aliphatic rings. The van der Waals surface area contributed by atoms with E-state index >= 15 is 0 Å². The summed E-state index contributed by atoms with van der Waals surface area (Å²) in [4.78, 5) is 22.5. The fraction of sp³-hybridized carbons (Fsp3) is 0.333. The second kappa shape index (κ2) is 7.72. The minimum Gasteiger partial charge on any atom is -0.454 e. The number of carbonyl (C=O) groups excluding carboxylic acids is 2. The van der Waals surface area contributed by atoms with E-state index in [4.69, 9.17) is 9.88 Å². The fourth-order valence-electron chi connectivity index (χ4n) is 1.32. The summed E-state index contributed by atoms with van der Waals surface area (Å²) in [6, 6.07) is 5.41. The van der Waals surface area contributed by atoms with Gasteiger partial charge in [0, 0.05) is 12.3 Å². The SMILES string of the molecule is CCOCC(=O)OCC(=O)Nc1cccc(S(N)(=O)=O)c1. The third-order valence-corrected chi connectivity index (χ3v) is 3.15. The summed E-state index contributed by atoms with van der Waals surface area (Å²) in [5.41, 5.74) is 0.229. The molecule has 1 amide bonds. The first-order valence-electron chi connectivity index (χ1n) is 5.99. The molecule has 0 saturated heterocycles. The van der Waals surface area contributed by atoms with Gasteiger partial charge in [0.2, 0.25) is 10.0 Å². The van der Waals surface area contributed by atoms with E-state index in [0.29, 0.717) is 6.61 Å². The standard InChI is InChI=1S/C12H16N2O6S/c1-2-19-8-12(16)20-7-11(15)14-9-4-3-5-10(6-9)21(13,17)18/h3-6H,2,7-8H2,1H3,(H,14,15)(H2,13,17,18). The average molecular weight is 316 g/mol. The van der Waals surface area contributed by atoms with E-state index in [1.165, 1.54) is 24.3 Å². The first-order chi connectivity index (χ1) is 9.82. The lowest BCUT2D eigenvalue weighted by molar-refractivity contribution is -0.151. The van der Waals surface area contributed by atoms with Crippen LogP contribution in [-0.2, 0) is 29.1 Å². The Morgan fingerprint density at radius 3 is 2.62 bits per heavy atom. The fourth-order valence-corrected chi connectivity index (χ4v) is 1.88. The average Bonchev–Trinajstić information content (AvgIpc) is 2.42. The first-order valence-corrected chi connectivity index (χ1v) is 7.53. The van der Waals surface area contributed by atoms with Crippen molar-refractivity contribution >= 4 is 27.6 Å². The Morgan fingerprint density at radius 1 is 1.29 bits per heavy atom. The maximum Gasteiger partial charge on any atom is 0.332 e. The van der Waals surface area contributed by atoms with Crippen LogP contribution in [0.25, 0.3) is 0 Å². The monoisotopic (exact) mass is 316 g/mol. The number of primary sulfonamides is 1.